The third kappa shape index (κ3) is 2.72. The number of aromatic nitrogens is 4. The van der Waals surface area contributed by atoms with Crippen molar-refractivity contribution in [3.63, 3.8) is 0 Å². The van der Waals surface area contributed by atoms with Crippen molar-refractivity contribution in [2.45, 2.75) is 0 Å². The van der Waals surface area contributed by atoms with Gasteiger partial charge in [0.2, 0.25) is 0 Å². The fraction of sp³-hybridized carbons (Fsp3) is 0. The number of rotatable bonds is 3. The summed E-state index contributed by atoms with van der Waals surface area (Å²) < 4.78 is 4.61. The first-order valence-corrected chi connectivity index (χ1v) is 11.4. The molecule has 4 aromatic carbocycles. The van der Waals surface area contributed by atoms with E-state index >= 15 is 0 Å². The zero-order chi connectivity index (χ0) is 22.5. The molecule has 0 saturated heterocycles. The number of fused-ring (bicyclic) bond motifs is 5. The van der Waals surface area contributed by atoms with Gasteiger partial charge in [0.05, 0.1) is 16.7 Å². The van der Waals surface area contributed by atoms with Crippen molar-refractivity contribution in [1.29, 1.82) is 0 Å². The van der Waals surface area contributed by atoms with Crippen molar-refractivity contribution in [1.82, 2.24) is 19.1 Å². The van der Waals surface area contributed by atoms with E-state index in [2.05, 4.69) is 111 Å². The van der Waals surface area contributed by atoms with Crippen LogP contribution in [-0.2, 0) is 0 Å². The number of hydrogen-bond donors (Lipinski definition) is 0. The summed E-state index contributed by atoms with van der Waals surface area (Å²) in [5, 5.41) is 3.67. The molecule has 3 aromatic heterocycles. The normalized spacial score (nSPS) is 11.5. The molecule has 3 heterocycles. The molecule has 0 saturated carbocycles. The first kappa shape index (κ1) is 18.8. The summed E-state index contributed by atoms with van der Waals surface area (Å²) in [7, 11) is 0. The number of para-hydroxylation sites is 3. The Morgan fingerprint density at radius 3 is 1.82 bits per heavy atom. The monoisotopic (exact) mass is 436 g/mol. The van der Waals surface area contributed by atoms with Gasteiger partial charge in [0.1, 0.15) is 17.8 Å². The van der Waals surface area contributed by atoms with E-state index in [1.165, 1.54) is 21.7 Å². The SMILES string of the molecule is c1ccc(-c2cc(-n3c4ccccc4c4c5ccccc5n(-c5ccccc5)c43)ncn2)cc1. The summed E-state index contributed by atoms with van der Waals surface area (Å²) in [4.78, 5) is 9.32. The van der Waals surface area contributed by atoms with Crippen molar-refractivity contribution in [2.24, 2.45) is 0 Å². The Morgan fingerprint density at radius 1 is 0.529 bits per heavy atom. The van der Waals surface area contributed by atoms with Crippen molar-refractivity contribution < 1.29 is 0 Å². The smallest absolute Gasteiger partial charge is 0.142 e. The molecular formula is C30H20N4. The van der Waals surface area contributed by atoms with Gasteiger partial charge in [-0.3, -0.25) is 9.13 Å². The van der Waals surface area contributed by atoms with Gasteiger partial charge in [0.15, 0.2) is 0 Å². The van der Waals surface area contributed by atoms with Crippen molar-refractivity contribution in [2.75, 3.05) is 0 Å². The molecule has 0 N–H and O–H groups in total. The second kappa shape index (κ2) is 7.42. The number of nitrogens with zero attached hydrogens (tertiary/aromatic N) is 4. The van der Waals surface area contributed by atoms with Crippen LogP contribution in [0.15, 0.2) is 122 Å². The van der Waals surface area contributed by atoms with Gasteiger partial charge >= 0.3 is 0 Å². The molecule has 7 aromatic rings. The van der Waals surface area contributed by atoms with Crippen LogP contribution < -0.4 is 0 Å². The Kier molecular flexibility index (Phi) is 4.11. The van der Waals surface area contributed by atoms with E-state index in [9.17, 15) is 0 Å². The minimum absolute atomic E-state index is 0.847. The van der Waals surface area contributed by atoms with E-state index in [0.717, 1.165) is 33.9 Å². The Labute approximate surface area is 196 Å². The standard InChI is InChI=1S/C30H20N4/c1-3-11-21(12-4-1)25-19-28(32-20-31-25)34-27-18-10-8-16-24(27)29-23-15-7-9-17-26(23)33(30(29)34)22-13-5-2-6-14-22/h1-20H. The highest BCUT2D eigenvalue weighted by Gasteiger charge is 2.22. The van der Waals surface area contributed by atoms with Crippen LogP contribution in [0.4, 0.5) is 0 Å². The maximum Gasteiger partial charge on any atom is 0.142 e. The minimum Gasteiger partial charge on any atom is -0.295 e. The molecule has 0 atom stereocenters. The summed E-state index contributed by atoms with van der Waals surface area (Å²) in [5.74, 6) is 0.847. The lowest BCUT2D eigenvalue weighted by Gasteiger charge is -2.12. The van der Waals surface area contributed by atoms with Gasteiger partial charge in [-0.05, 0) is 24.3 Å². The average Bonchev–Trinajstić information content (AvgIpc) is 3.42. The first-order chi connectivity index (χ1) is 16.9. The van der Waals surface area contributed by atoms with Crippen molar-refractivity contribution in [3.05, 3.63) is 122 Å². The largest absolute Gasteiger partial charge is 0.295 e. The van der Waals surface area contributed by atoms with E-state index in [-0.39, 0.29) is 0 Å². The highest BCUT2D eigenvalue weighted by atomic mass is 15.2. The van der Waals surface area contributed by atoms with Crippen LogP contribution in [0.1, 0.15) is 0 Å². The molecule has 0 amide bonds. The van der Waals surface area contributed by atoms with Gasteiger partial charge in [-0.15, -0.1) is 0 Å². The summed E-state index contributed by atoms with van der Waals surface area (Å²) in [5.41, 5.74) is 6.50. The van der Waals surface area contributed by atoms with E-state index in [1.54, 1.807) is 6.33 Å². The zero-order valence-electron chi connectivity index (χ0n) is 18.3. The topological polar surface area (TPSA) is 35.6 Å². The molecule has 160 valence electrons. The lowest BCUT2D eigenvalue weighted by molar-refractivity contribution is 1.00. The predicted octanol–water partition coefficient (Wildman–Crippen LogP) is 7.18. The molecule has 4 heteroatoms. The molecule has 0 spiro atoms. The lowest BCUT2D eigenvalue weighted by Crippen LogP contribution is -2.04. The lowest BCUT2D eigenvalue weighted by atomic mass is 10.1. The molecule has 0 aliphatic heterocycles. The van der Waals surface area contributed by atoms with Crippen LogP contribution in [0.3, 0.4) is 0 Å². The molecule has 7 rings (SSSR count). The molecule has 34 heavy (non-hydrogen) atoms. The molecule has 0 bridgehead atoms. The second-order valence-electron chi connectivity index (χ2n) is 8.37. The zero-order valence-corrected chi connectivity index (χ0v) is 18.3. The van der Waals surface area contributed by atoms with Crippen molar-refractivity contribution in [3.8, 4) is 22.8 Å². The average molecular weight is 437 g/mol. The summed E-state index contributed by atoms with van der Waals surface area (Å²) in [6.45, 7) is 0. The summed E-state index contributed by atoms with van der Waals surface area (Å²) >= 11 is 0. The molecular weight excluding hydrogens is 416 g/mol. The highest BCUT2D eigenvalue weighted by molar-refractivity contribution is 6.22. The first-order valence-electron chi connectivity index (χ1n) is 11.4. The van der Waals surface area contributed by atoms with Gasteiger partial charge in [-0.2, -0.15) is 0 Å². The maximum atomic E-state index is 4.75. The fourth-order valence-electron chi connectivity index (χ4n) is 5.00. The third-order valence-electron chi connectivity index (χ3n) is 6.44. The van der Waals surface area contributed by atoms with Crippen LogP contribution in [-0.4, -0.2) is 19.1 Å². The second-order valence-corrected chi connectivity index (χ2v) is 8.37. The van der Waals surface area contributed by atoms with Gasteiger partial charge < -0.3 is 0 Å². The molecule has 0 radical (unpaired) electrons. The third-order valence-corrected chi connectivity index (χ3v) is 6.44. The summed E-state index contributed by atoms with van der Waals surface area (Å²) in [6, 6.07) is 40.1. The molecule has 4 nitrogen and oxygen atoms in total. The van der Waals surface area contributed by atoms with E-state index < -0.39 is 0 Å². The van der Waals surface area contributed by atoms with E-state index in [0.29, 0.717) is 0 Å². The van der Waals surface area contributed by atoms with Crippen LogP contribution in [0.5, 0.6) is 0 Å². The summed E-state index contributed by atoms with van der Waals surface area (Å²) in [6.07, 6.45) is 1.66. The Balaban J connectivity index is 1.65. The quantitative estimate of drug-likeness (QED) is 0.294. The van der Waals surface area contributed by atoms with Crippen LogP contribution in [0, 0.1) is 0 Å². The number of hydrogen-bond acceptors (Lipinski definition) is 2. The van der Waals surface area contributed by atoms with Gasteiger partial charge in [0, 0.05) is 33.5 Å². The Hall–Kier alpha value is -4.70. The minimum atomic E-state index is 0.847. The van der Waals surface area contributed by atoms with Gasteiger partial charge in [-0.25, -0.2) is 9.97 Å². The molecule has 0 unspecified atom stereocenters. The Bertz CT molecular complexity index is 1790. The van der Waals surface area contributed by atoms with Gasteiger partial charge in [-0.1, -0.05) is 84.9 Å². The molecule has 0 aliphatic rings. The van der Waals surface area contributed by atoms with Crippen molar-refractivity contribution >= 4 is 32.8 Å². The number of benzene rings is 4. The molecule has 0 fully saturated rings. The van der Waals surface area contributed by atoms with Gasteiger partial charge in [0.25, 0.3) is 0 Å². The maximum absolute atomic E-state index is 4.75. The van der Waals surface area contributed by atoms with E-state index in [1.807, 2.05) is 18.2 Å². The fourth-order valence-corrected chi connectivity index (χ4v) is 5.00. The van der Waals surface area contributed by atoms with Crippen LogP contribution in [0.25, 0.3) is 55.6 Å². The Morgan fingerprint density at radius 2 is 1.12 bits per heavy atom. The molecule has 0 aliphatic carbocycles. The van der Waals surface area contributed by atoms with Crippen LogP contribution in [0.2, 0.25) is 0 Å². The highest BCUT2D eigenvalue weighted by Crippen LogP contribution is 2.40. The van der Waals surface area contributed by atoms with E-state index in [4.69, 9.17) is 4.98 Å². The van der Waals surface area contributed by atoms with Crippen LogP contribution >= 0.6 is 0 Å². The predicted molar refractivity (Wildman–Crippen MR) is 139 cm³/mol.